The molecular formula is C16H27ClN2O. The second-order valence-electron chi connectivity index (χ2n) is 5.42. The average Bonchev–Trinajstić information content (AvgIpc) is 2.47. The fourth-order valence-electron chi connectivity index (χ4n) is 2.86. The third kappa shape index (κ3) is 4.97. The summed E-state index contributed by atoms with van der Waals surface area (Å²) in [5.41, 5.74) is 1.30. The van der Waals surface area contributed by atoms with Crippen LogP contribution in [0.3, 0.4) is 0 Å². The Bertz CT molecular complexity index is 378. The van der Waals surface area contributed by atoms with Crippen LogP contribution in [0.25, 0.3) is 0 Å². The molecule has 3 nitrogen and oxygen atoms in total. The maximum absolute atomic E-state index is 5.43. The fourth-order valence-corrected chi connectivity index (χ4v) is 2.86. The van der Waals surface area contributed by atoms with E-state index in [1.165, 1.54) is 37.9 Å². The van der Waals surface area contributed by atoms with Crippen molar-refractivity contribution in [1.82, 2.24) is 10.2 Å². The first kappa shape index (κ1) is 17.3. The lowest BCUT2D eigenvalue weighted by molar-refractivity contribution is 0.171. The van der Waals surface area contributed by atoms with E-state index in [2.05, 4.69) is 28.4 Å². The van der Waals surface area contributed by atoms with E-state index in [-0.39, 0.29) is 12.4 Å². The Morgan fingerprint density at radius 1 is 1.25 bits per heavy atom. The van der Waals surface area contributed by atoms with Gasteiger partial charge in [0.15, 0.2) is 0 Å². The predicted molar refractivity (Wildman–Crippen MR) is 86.8 cm³/mol. The third-order valence-electron chi connectivity index (χ3n) is 4.10. The van der Waals surface area contributed by atoms with Crippen LogP contribution >= 0.6 is 12.4 Å². The Labute approximate surface area is 129 Å². The SMILES string of the molecule is CNCCC1CCN(Cc2ccccc2OC)CC1.Cl. The summed E-state index contributed by atoms with van der Waals surface area (Å²) < 4.78 is 5.43. The van der Waals surface area contributed by atoms with E-state index in [1.54, 1.807) is 7.11 Å². The number of ether oxygens (including phenoxy) is 1. The molecule has 2 rings (SSSR count). The molecule has 1 fully saturated rings. The molecular weight excluding hydrogens is 272 g/mol. The van der Waals surface area contributed by atoms with Crippen LogP contribution in [0.4, 0.5) is 0 Å². The van der Waals surface area contributed by atoms with Gasteiger partial charge in [0.05, 0.1) is 7.11 Å². The summed E-state index contributed by atoms with van der Waals surface area (Å²) >= 11 is 0. The minimum atomic E-state index is 0. The molecule has 114 valence electrons. The minimum absolute atomic E-state index is 0. The Morgan fingerprint density at radius 2 is 1.95 bits per heavy atom. The van der Waals surface area contributed by atoms with Crippen molar-refractivity contribution in [1.29, 1.82) is 0 Å². The average molecular weight is 299 g/mol. The summed E-state index contributed by atoms with van der Waals surface area (Å²) in [5.74, 6) is 1.92. The molecule has 1 aromatic carbocycles. The van der Waals surface area contributed by atoms with Crippen LogP contribution in [0, 0.1) is 5.92 Å². The standard InChI is InChI=1S/C16H26N2O.ClH/c1-17-10-7-14-8-11-18(12-9-14)13-15-5-3-4-6-16(15)19-2;/h3-6,14,17H,7-13H2,1-2H3;1H. The zero-order chi connectivity index (χ0) is 13.5. The maximum atomic E-state index is 5.43. The summed E-state index contributed by atoms with van der Waals surface area (Å²) in [6.45, 7) is 4.60. The molecule has 0 radical (unpaired) electrons. The topological polar surface area (TPSA) is 24.5 Å². The van der Waals surface area contributed by atoms with Gasteiger partial charge < -0.3 is 10.1 Å². The first-order valence-electron chi connectivity index (χ1n) is 7.32. The molecule has 0 amide bonds. The molecule has 0 unspecified atom stereocenters. The maximum Gasteiger partial charge on any atom is 0.123 e. The van der Waals surface area contributed by atoms with Crippen molar-refractivity contribution in [3.05, 3.63) is 29.8 Å². The molecule has 1 heterocycles. The van der Waals surface area contributed by atoms with Crippen molar-refractivity contribution in [2.24, 2.45) is 5.92 Å². The first-order valence-corrected chi connectivity index (χ1v) is 7.32. The van der Waals surface area contributed by atoms with E-state index < -0.39 is 0 Å². The lowest BCUT2D eigenvalue weighted by atomic mass is 9.93. The van der Waals surface area contributed by atoms with E-state index >= 15 is 0 Å². The predicted octanol–water partition coefficient (Wildman–Crippen LogP) is 2.94. The Hall–Kier alpha value is -0.770. The summed E-state index contributed by atoms with van der Waals surface area (Å²) in [5, 5.41) is 3.25. The highest BCUT2D eigenvalue weighted by Gasteiger charge is 2.19. The number of methoxy groups -OCH3 is 1. The Kier molecular flexibility index (Phi) is 7.97. The first-order chi connectivity index (χ1) is 9.33. The number of nitrogens with one attached hydrogen (secondary N) is 1. The van der Waals surface area contributed by atoms with Crippen molar-refractivity contribution in [3.8, 4) is 5.75 Å². The van der Waals surface area contributed by atoms with Gasteiger partial charge in [-0.1, -0.05) is 18.2 Å². The van der Waals surface area contributed by atoms with Gasteiger partial charge in [-0.05, 0) is 57.9 Å². The van der Waals surface area contributed by atoms with E-state index in [0.717, 1.165) is 24.8 Å². The number of rotatable bonds is 6. The van der Waals surface area contributed by atoms with Gasteiger partial charge in [0.1, 0.15) is 5.75 Å². The molecule has 4 heteroatoms. The van der Waals surface area contributed by atoms with Gasteiger partial charge in [0, 0.05) is 12.1 Å². The zero-order valence-electron chi connectivity index (χ0n) is 12.6. The van der Waals surface area contributed by atoms with Gasteiger partial charge in [-0.15, -0.1) is 12.4 Å². The number of halogens is 1. The Balaban J connectivity index is 0.00000200. The number of piperidine rings is 1. The number of likely N-dealkylation sites (tertiary alicyclic amines) is 1. The van der Waals surface area contributed by atoms with Crippen LogP contribution in [0.15, 0.2) is 24.3 Å². The van der Waals surface area contributed by atoms with E-state index in [9.17, 15) is 0 Å². The second kappa shape index (κ2) is 9.22. The summed E-state index contributed by atoms with van der Waals surface area (Å²) in [7, 11) is 3.79. The van der Waals surface area contributed by atoms with Crippen molar-refractivity contribution in [2.75, 3.05) is 33.8 Å². The third-order valence-corrected chi connectivity index (χ3v) is 4.10. The lowest BCUT2D eigenvalue weighted by Gasteiger charge is -2.32. The normalized spacial score (nSPS) is 16.7. The van der Waals surface area contributed by atoms with Crippen molar-refractivity contribution < 1.29 is 4.74 Å². The zero-order valence-corrected chi connectivity index (χ0v) is 13.4. The van der Waals surface area contributed by atoms with Crippen molar-refractivity contribution >= 4 is 12.4 Å². The van der Waals surface area contributed by atoms with Crippen molar-refractivity contribution in [2.45, 2.75) is 25.8 Å². The fraction of sp³-hybridized carbons (Fsp3) is 0.625. The molecule has 1 N–H and O–H groups in total. The van der Waals surface area contributed by atoms with Crippen LogP contribution < -0.4 is 10.1 Å². The summed E-state index contributed by atoms with van der Waals surface area (Å²) in [4.78, 5) is 2.55. The molecule has 0 aromatic heterocycles. The number of benzene rings is 1. The number of nitrogens with zero attached hydrogens (tertiary/aromatic N) is 1. The smallest absolute Gasteiger partial charge is 0.123 e. The minimum Gasteiger partial charge on any atom is -0.496 e. The number of hydrogen-bond donors (Lipinski definition) is 1. The Morgan fingerprint density at radius 3 is 2.60 bits per heavy atom. The number of hydrogen-bond acceptors (Lipinski definition) is 3. The highest BCUT2D eigenvalue weighted by molar-refractivity contribution is 5.85. The molecule has 1 aliphatic rings. The molecule has 0 saturated carbocycles. The van der Waals surface area contributed by atoms with Crippen LogP contribution in [0.1, 0.15) is 24.8 Å². The van der Waals surface area contributed by atoms with Gasteiger partial charge in [0.25, 0.3) is 0 Å². The molecule has 1 aromatic rings. The molecule has 1 aliphatic heterocycles. The summed E-state index contributed by atoms with van der Waals surface area (Å²) in [6, 6.07) is 8.35. The van der Waals surface area contributed by atoms with E-state index in [0.29, 0.717) is 0 Å². The molecule has 1 saturated heterocycles. The van der Waals surface area contributed by atoms with Gasteiger partial charge >= 0.3 is 0 Å². The number of para-hydroxylation sites is 1. The van der Waals surface area contributed by atoms with E-state index in [4.69, 9.17) is 4.74 Å². The molecule has 0 atom stereocenters. The monoisotopic (exact) mass is 298 g/mol. The van der Waals surface area contributed by atoms with Crippen molar-refractivity contribution in [3.63, 3.8) is 0 Å². The van der Waals surface area contributed by atoms with Crippen LogP contribution in [0.2, 0.25) is 0 Å². The quantitative estimate of drug-likeness (QED) is 0.874. The molecule has 20 heavy (non-hydrogen) atoms. The molecule has 0 spiro atoms. The van der Waals surface area contributed by atoms with Crippen LogP contribution in [-0.4, -0.2) is 38.7 Å². The second-order valence-corrected chi connectivity index (χ2v) is 5.42. The van der Waals surface area contributed by atoms with Gasteiger partial charge in [-0.2, -0.15) is 0 Å². The lowest BCUT2D eigenvalue weighted by Crippen LogP contribution is -2.34. The van der Waals surface area contributed by atoms with Crippen LogP contribution in [0.5, 0.6) is 5.75 Å². The largest absolute Gasteiger partial charge is 0.496 e. The summed E-state index contributed by atoms with van der Waals surface area (Å²) in [6.07, 6.45) is 3.98. The van der Waals surface area contributed by atoms with Gasteiger partial charge in [-0.3, -0.25) is 4.90 Å². The van der Waals surface area contributed by atoms with Gasteiger partial charge in [-0.25, -0.2) is 0 Å². The van der Waals surface area contributed by atoms with Gasteiger partial charge in [0.2, 0.25) is 0 Å². The van der Waals surface area contributed by atoms with E-state index in [1.807, 2.05) is 13.1 Å². The van der Waals surface area contributed by atoms with Crippen LogP contribution in [-0.2, 0) is 6.54 Å². The highest BCUT2D eigenvalue weighted by Crippen LogP contribution is 2.24. The highest BCUT2D eigenvalue weighted by atomic mass is 35.5. The molecule has 0 aliphatic carbocycles. The molecule has 0 bridgehead atoms.